The van der Waals surface area contributed by atoms with E-state index < -0.39 is 16.1 Å². The quantitative estimate of drug-likeness (QED) is 0.867. The predicted octanol–water partition coefficient (Wildman–Crippen LogP) is 2.57. The molecule has 0 bridgehead atoms. The van der Waals surface area contributed by atoms with E-state index in [9.17, 15) is 13.5 Å². The molecular weight excluding hydrogens is 321 g/mol. The topological polar surface area (TPSA) is 66.4 Å². The number of aliphatic hydroxyl groups excluding tert-OH is 1. The monoisotopic (exact) mass is 337 g/mol. The second-order valence-corrected chi connectivity index (χ2v) is 7.74. The van der Waals surface area contributed by atoms with E-state index in [1.165, 1.54) is 0 Å². The fraction of sp³-hybridized carbons (Fsp3) is 0.538. The molecular formula is C13H17Cl2NO3S. The van der Waals surface area contributed by atoms with Crippen LogP contribution >= 0.6 is 23.2 Å². The first kappa shape index (κ1) is 16.0. The summed E-state index contributed by atoms with van der Waals surface area (Å²) in [5.74, 6) is -0.134. The molecule has 2 atom stereocenters. The number of sulfonamides is 1. The molecule has 2 unspecified atom stereocenters. The Hall–Kier alpha value is -0.330. The van der Waals surface area contributed by atoms with E-state index in [1.807, 2.05) is 0 Å². The Morgan fingerprint density at radius 2 is 2.00 bits per heavy atom. The van der Waals surface area contributed by atoms with Crippen molar-refractivity contribution in [1.82, 2.24) is 4.72 Å². The average Bonchev–Trinajstić information content (AvgIpc) is 2.77. The molecule has 1 aromatic rings. The summed E-state index contributed by atoms with van der Waals surface area (Å²) < 4.78 is 26.5. The molecule has 0 aromatic heterocycles. The van der Waals surface area contributed by atoms with Crippen LogP contribution in [0.15, 0.2) is 18.2 Å². The maximum Gasteiger partial charge on any atom is 0.215 e. The average molecular weight is 338 g/mol. The summed E-state index contributed by atoms with van der Waals surface area (Å²) in [4.78, 5) is 0. The molecule has 112 valence electrons. The van der Waals surface area contributed by atoms with Crippen molar-refractivity contribution in [1.29, 1.82) is 0 Å². The summed E-state index contributed by atoms with van der Waals surface area (Å²) in [5, 5.41) is 10.4. The first-order chi connectivity index (χ1) is 9.37. The highest BCUT2D eigenvalue weighted by Gasteiger charge is 2.26. The van der Waals surface area contributed by atoms with Gasteiger partial charge in [0.05, 0.1) is 21.9 Å². The molecule has 4 nitrogen and oxygen atoms in total. The van der Waals surface area contributed by atoms with Gasteiger partial charge in [-0.15, -0.1) is 0 Å². The fourth-order valence-electron chi connectivity index (χ4n) is 2.39. The van der Waals surface area contributed by atoms with Gasteiger partial charge >= 0.3 is 0 Å². The molecule has 2 N–H and O–H groups in total. The zero-order chi connectivity index (χ0) is 14.8. The van der Waals surface area contributed by atoms with Crippen molar-refractivity contribution in [2.45, 2.75) is 31.1 Å². The molecule has 7 heteroatoms. The molecule has 20 heavy (non-hydrogen) atoms. The van der Waals surface area contributed by atoms with E-state index in [0.717, 1.165) is 19.3 Å². The van der Waals surface area contributed by atoms with Gasteiger partial charge < -0.3 is 5.11 Å². The molecule has 0 radical (unpaired) electrons. The minimum Gasteiger partial charge on any atom is -0.393 e. The van der Waals surface area contributed by atoms with Crippen LogP contribution in [0.3, 0.4) is 0 Å². The summed E-state index contributed by atoms with van der Waals surface area (Å²) in [6, 6.07) is 4.76. The Labute approximate surface area is 129 Å². The van der Waals surface area contributed by atoms with Gasteiger partial charge in [-0.3, -0.25) is 0 Å². The van der Waals surface area contributed by atoms with E-state index in [1.54, 1.807) is 18.2 Å². The third-order valence-corrected chi connectivity index (χ3v) is 5.58. The summed E-state index contributed by atoms with van der Waals surface area (Å²) in [6.07, 6.45) is 2.15. The molecule has 0 heterocycles. The Balaban J connectivity index is 1.94. The lowest BCUT2D eigenvalue weighted by atomic mass is 10.1. The van der Waals surface area contributed by atoms with Crippen molar-refractivity contribution in [3.05, 3.63) is 33.8 Å². The molecule has 0 spiro atoms. The van der Waals surface area contributed by atoms with E-state index >= 15 is 0 Å². The predicted molar refractivity (Wildman–Crippen MR) is 80.4 cm³/mol. The molecule has 1 aliphatic rings. The number of hydrogen-bond acceptors (Lipinski definition) is 3. The first-order valence-electron chi connectivity index (χ1n) is 6.47. The van der Waals surface area contributed by atoms with Crippen molar-refractivity contribution < 1.29 is 13.5 Å². The van der Waals surface area contributed by atoms with E-state index in [2.05, 4.69) is 4.72 Å². The number of aliphatic hydroxyl groups is 1. The van der Waals surface area contributed by atoms with Crippen molar-refractivity contribution in [3.63, 3.8) is 0 Å². The summed E-state index contributed by atoms with van der Waals surface area (Å²) >= 11 is 11.7. The summed E-state index contributed by atoms with van der Waals surface area (Å²) in [5.41, 5.74) is 0.582. The maximum absolute atomic E-state index is 12.0. The van der Waals surface area contributed by atoms with E-state index in [-0.39, 0.29) is 18.2 Å². The number of rotatable bonds is 5. The highest BCUT2D eigenvalue weighted by Crippen LogP contribution is 2.25. The molecule has 1 aliphatic carbocycles. The van der Waals surface area contributed by atoms with Crippen molar-refractivity contribution in [2.24, 2.45) is 5.92 Å². The van der Waals surface area contributed by atoms with E-state index in [0.29, 0.717) is 15.6 Å². The number of hydrogen-bond donors (Lipinski definition) is 2. The Morgan fingerprint density at radius 3 is 2.60 bits per heavy atom. The SMILES string of the molecule is O=S(=O)(Cc1ccc(Cl)c(Cl)c1)NCC1CCCC1O. The zero-order valence-electron chi connectivity index (χ0n) is 10.9. The third-order valence-electron chi connectivity index (χ3n) is 3.53. The highest BCUT2D eigenvalue weighted by atomic mass is 35.5. The first-order valence-corrected chi connectivity index (χ1v) is 8.87. The van der Waals surface area contributed by atoms with Crippen molar-refractivity contribution in [2.75, 3.05) is 6.54 Å². The van der Waals surface area contributed by atoms with Crippen LogP contribution in [0.5, 0.6) is 0 Å². The van der Waals surface area contributed by atoms with Crippen molar-refractivity contribution >= 4 is 33.2 Å². The zero-order valence-corrected chi connectivity index (χ0v) is 13.2. The molecule has 1 saturated carbocycles. The number of benzene rings is 1. The van der Waals surface area contributed by atoms with Gasteiger partial charge in [-0.2, -0.15) is 0 Å². The summed E-state index contributed by atoms with van der Waals surface area (Å²) in [6.45, 7) is 0.283. The smallest absolute Gasteiger partial charge is 0.215 e. The molecule has 2 rings (SSSR count). The Kier molecular flexibility index (Phi) is 5.31. The lowest BCUT2D eigenvalue weighted by molar-refractivity contribution is 0.134. The van der Waals surface area contributed by atoms with Crippen LogP contribution in [0.25, 0.3) is 0 Å². The lowest BCUT2D eigenvalue weighted by Gasteiger charge is -2.15. The second kappa shape index (κ2) is 6.62. The Morgan fingerprint density at radius 1 is 1.25 bits per heavy atom. The van der Waals surface area contributed by atoms with Gasteiger partial charge in [0.15, 0.2) is 0 Å². The minimum atomic E-state index is -3.44. The van der Waals surface area contributed by atoms with Crippen LogP contribution in [0.2, 0.25) is 10.0 Å². The molecule has 0 amide bonds. The standard InChI is InChI=1S/C13H17Cl2NO3S/c14-11-5-4-9(6-12(11)15)8-20(18,19)16-7-10-2-1-3-13(10)17/h4-6,10,13,16-17H,1-3,7-8H2. The van der Waals surface area contributed by atoms with E-state index in [4.69, 9.17) is 23.2 Å². The lowest BCUT2D eigenvalue weighted by Crippen LogP contribution is -2.33. The van der Waals surface area contributed by atoms with Gasteiger partial charge in [-0.25, -0.2) is 13.1 Å². The molecule has 0 saturated heterocycles. The van der Waals surface area contributed by atoms with Gasteiger partial charge in [-0.05, 0) is 36.5 Å². The molecule has 0 aliphatic heterocycles. The normalized spacial score (nSPS) is 23.1. The van der Waals surface area contributed by atoms with Crippen LogP contribution in [0.4, 0.5) is 0 Å². The minimum absolute atomic E-state index is 0.0126. The third kappa shape index (κ3) is 4.33. The molecule has 1 aromatic carbocycles. The number of nitrogens with one attached hydrogen (secondary N) is 1. The number of halogens is 2. The van der Waals surface area contributed by atoms with Crippen LogP contribution in [-0.2, 0) is 15.8 Å². The van der Waals surface area contributed by atoms with Gasteiger partial charge in [-0.1, -0.05) is 35.7 Å². The van der Waals surface area contributed by atoms with Crippen LogP contribution in [0, 0.1) is 5.92 Å². The van der Waals surface area contributed by atoms with Crippen molar-refractivity contribution in [3.8, 4) is 0 Å². The van der Waals surface area contributed by atoms with Gasteiger partial charge in [0.1, 0.15) is 0 Å². The molecule has 1 fully saturated rings. The second-order valence-electron chi connectivity index (χ2n) is 5.11. The fourth-order valence-corrected chi connectivity index (χ4v) is 3.90. The largest absolute Gasteiger partial charge is 0.393 e. The van der Waals surface area contributed by atoms with Gasteiger partial charge in [0, 0.05) is 6.54 Å². The van der Waals surface area contributed by atoms with Crippen LogP contribution in [0.1, 0.15) is 24.8 Å². The summed E-state index contributed by atoms with van der Waals surface area (Å²) in [7, 11) is -3.44. The Bertz CT molecular complexity index is 577. The maximum atomic E-state index is 12.0. The highest BCUT2D eigenvalue weighted by molar-refractivity contribution is 7.88. The van der Waals surface area contributed by atoms with Crippen LogP contribution < -0.4 is 4.72 Å². The van der Waals surface area contributed by atoms with Gasteiger partial charge in [0.25, 0.3) is 0 Å². The van der Waals surface area contributed by atoms with Crippen LogP contribution in [-0.4, -0.2) is 26.2 Å². The van der Waals surface area contributed by atoms with Gasteiger partial charge in [0.2, 0.25) is 10.0 Å².